The van der Waals surface area contributed by atoms with Gasteiger partial charge in [0.15, 0.2) is 0 Å². The molecule has 0 radical (unpaired) electrons. The molecule has 0 saturated heterocycles. The Morgan fingerprint density at radius 1 is 1.19 bits per heavy atom. The first-order valence-corrected chi connectivity index (χ1v) is 8.14. The number of nitrogen functional groups attached to an aromatic ring is 1. The molecule has 0 atom stereocenters. The van der Waals surface area contributed by atoms with E-state index in [1.807, 2.05) is 19.1 Å². The summed E-state index contributed by atoms with van der Waals surface area (Å²) in [6.07, 6.45) is 3.31. The third kappa shape index (κ3) is 3.40. The molecule has 0 saturated carbocycles. The molecule has 2 rings (SSSR count). The van der Waals surface area contributed by atoms with Crippen LogP contribution in [0.5, 0.6) is 0 Å². The van der Waals surface area contributed by atoms with Crippen LogP contribution in [0, 0.1) is 6.92 Å². The zero-order valence-corrected chi connectivity index (χ0v) is 13.0. The minimum Gasteiger partial charge on any atom is -0.399 e. The van der Waals surface area contributed by atoms with E-state index in [1.165, 1.54) is 4.31 Å². The predicted molar refractivity (Wildman–Crippen MR) is 83.1 cm³/mol. The number of pyridine rings is 1. The first-order valence-electron chi connectivity index (χ1n) is 6.70. The van der Waals surface area contributed by atoms with Crippen molar-refractivity contribution in [1.29, 1.82) is 0 Å². The Bertz CT molecular complexity index is 715. The van der Waals surface area contributed by atoms with Crippen LogP contribution in [0.3, 0.4) is 0 Å². The maximum absolute atomic E-state index is 12.7. The summed E-state index contributed by atoms with van der Waals surface area (Å²) in [5.74, 6) is 0. The average Bonchev–Trinajstić information content (AvgIpc) is 2.48. The Labute approximate surface area is 125 Å². The van der Waals surface area contributed by atoms with Gasteiger partial charge in [-0.3, -0.25) is 4.98 Å². The number of hydrogen-bond donors (Lipinski definition) is 1. The van der Waals surface area contributed by atoms with Crippen molar-refractivity contribution < 1.29 is 8.42 Å². The van der Waals surface area contributed by atoms with E-state index < -0.39 is 10.0 Å². The third-order valence-corrected chi connectivity index (χ3v) is 5.26. The fourth-order valence-corrected chi connectivity index (χ4v) is 3.54. The molecule has 0 amide bonds. The van der Waals surface area contributed by atoms with Gasteiger partial charge in [-0.2, -0.15) is 4.31 Å². The number of nitrogens with zero attached hydrogens (tertiary/aromatic N) is 2. The highest BCUT2D eigenvalue weighted by atomic mass is 32.2. The average molecular weight is 305 g/mol. The molecular formula is C15H19N3O2S. The highest BCUT2D eigenvalue weighted by molar-refractivity contribution is 7.89. The van der Waals surface area contributed by atoms with Gasteiger partial charge in [0, 0.05) is 31.2 Å². The second-order valence-corrected chi connectivity index (χ2v) is 6.74. The van der Waals surface area contributed by atoms with Gasteiger partial charge in [-0.25, -0.2) is 8.42 Å². The van der Waals surface area contributed by atoms with E-state index in [9.17, 15) is 8.42 Å². The Hall–Kier alpha value is -1.92. The summed E-state index contributed by atoms with van der Waals surface area (Å²) in [6, 6.07) is 8.41. The van der Waals surface area contributed by atoms with Gasteiger partial charge in [0.1, 0.15) is 0 Å². The lowest BCUT2D eigenvalue weighted by Crippen LogP contribution is -2.30. The quantitative estimate of drug-likeness (QED) is 0.859. The van der Waals surface area contributed by atoms with E-state index >= 15 is 0 Å². The van der Waals surface area contributed by atoms with Crippen molar-refractivity contribution in [2.45, 2.75) is 25.3 Å². The van der Waals surface area contributed by atoms with E-state index in [1.54, 1.807) is 37.5 Å². The van der Waals surface area contributed by atoms with Gasteiger partial charge in [0.05, 0.1) is 4.90 Å². The largest absolute Gasteiger partial charge is 0.399 e. The monoisotopic (exact) mass is 305 g/mol. The Morgan fingerprint density at radius 3 is 2.43 bits per heavy atom. The van der Waals surface area contributed by atoms with Crippen LogP contribution in [0.15, 0.2) is 47.6 Å². The van der Waals surface area contributed by atoms with Gasteiger partial charge in [0.25, 0.3) is 0 Å². The van der Waals surface area contributed by atoms with Gasteiger partial charge >= 0.3 is 0 Å². The van der Waals surface area contributed by atoms with Crippen LogP contribution in [0.25, 0.3) is 0 Å². The van der Waals surface area contributed by atoms with Crippen molar-refractivity contribution in [3.63, 3.8) is 0 Å². The number of aryl methyl sites for hydroxylation is 1. The van der Waals surface area contributed by atoms with Gasteiger partial charge in [-0.15, -0.1) is 0 Å². The third-order valence-electron chi connectivity index (χ3n) is 3.34. The molecule has 0 aliphatic carbocycles. The molecule has 1 heterocycles. The summed E-state index contributed by atoms with van der Waals surface area (Å²) < 4.78 is 26.8. The van der Waals surface area contributed by atoms with Gasteiger partial charge in [-0.1, -0.05) is 6.92 Å². The minimum atomic E-state index is -3.53. The van der Waals surface area contributed by atoms with E-state index in [0.29, 0.717) is 18.8 Å². The smallest absolute Gasteiger partial charge is 0.243 e. The molecule has 112 valence electrons. The lowest BCUT2D eigenvalue weighted by atomic mass is 10.2. The number of aromatic nitrogens is 1. The molecule has 0 fully saturated rings. The van der Waals surface area contributed by atoms with Gasteiger partial charge in [0.2, 0.25) is 10.0 Å². The van der Waals surface area contributed by atoms with Crippen LogP contribution < -0.4 is 5.73 Å². The zero-order chi connectivity index (χ0) is 15.5. The lowest BCUT2D eigenvalue weighted by molar-refractivity contribution is 0.423. The van der Waals surface area contributed by atoms with Crippen molar-refractivity contribution in [3.05, 3.63) is 53.9 Å². The van der Waals surface area contributed by atoms with Crippen LogP contribution in [-0.2, 0) is 16.6 Å². The molecule has 6 heteroatoms. The molecular weight excluding hydrogens is 286 g/mol. The zero-order valence-electron chi connectivity index (χ0n) is 12.2. The number of rotatable bonds is 5. The molecule has 1 aromatic heterocycles. The number of nitrogens with two attached hydrogens (primary N) is 1. The molecule has 1 aromatic carbocycles. The maximum atomic E-state index is 12.7. The SMILES string of the molecule is CCN(Cc1ccncc1)S(=O)(=O)c1ccc(N)c(C)c1. The molecule has 2 aromatic rings. The van der Waals surface area contributed by atoms with Crippen molar-refractivity contribution in [1.82, 2.24) is 9.29 Å². The minimum absolute atomic E-state index is 0.269. The molecule has 0 aliphatic rings. The van der Waals surface area contributed by atoms with Crippen LogP contribution >= 0.6 is 0 Å². The standard InChI is InChI=1S/C15H19N3O2S/c1-3-18(11-13-6-8-17-9-7-13)21(19,20)14-4-5-15(16)12(2)10-14/h4-10H,3,11,16H2,1-2H3. The summed E-state index contributed by atoms with van der Waals surface area (Å²) in [5, 5.41) is 0. The Morgan fingerprint density at radius 2 is 1.86 bits per heavy atom. The maximum Gasteiger partial charge on any atom is 0.243 e. The summed E-state index contributed by atoms with van der Waals surface area (Å²) in [6.45, 7) is 4.34. The number of hydrogen-bond acceptors (Lipinski definition) is 4. The molecule has 0 aliphatic heterocycles. The molecule has 5 nitrogen and oxygen atoms in total. The normalized spacial score (nSPS) is 11.8. The molecule has 0 spiro atoms. The predicted octanol–water partition coefficient (Wildman–Crippen LogP) is 2.18. The summed E-state index contributed by atoms with van der Waals surface area (Å²) in [7, 11) is -3.53. The van der Waals surface area contributed by atoms with Gasteiger partial charge in [-0.05, 0) is 48.4 Å². The van der Waals surface area contributed by atoms with E-state index in [4.69, 9.17) is 5.73 Å². The van der Waals surface area contributed by atoms with Crippen LogP contribution in [-0.4, -0.2) is 24.3 Å². The van der Waals surface area contributed by atoms with Gasteiger partial charge < -0.3 is 5.73 Å². The highest BCUT2D eigenvalue weighted by Gasteiger charge is 2.23. The summed E-state index contributed by atoms with van der Waals surface area (Å²) in [4.78, 5) is 4.21. The Balaban J connectivity index is 2.33. The molecule has 21 heavy (non-hydrogen) atoms. The molecule has 2 N–H and O–H groups in total. The topological polar surface area (TPSA) is 76.3 Å². The van der Waals surface area contributed by atoms with Crippen molar-refractivity contribution >= 4 is 15.7 Å². The molecule has 0 bridgehead atoms. The fraction of sp³-hybridized carbons (Fsp3) is 0.267. The number of anilines is 1. The first-order chi connectivity index (χ1) is 9.95. The highest BCUT2D eigenvalue weighted by Crippen LogP contribution is 2.21. The van der Waals surface area contributed by atoms with E-state index in [-0.39, 0.29) is 4.90 Å². The van der Waals surface area contributed by atoms with Crippen molar-refractivity contribution in [3.8, 4) is 0 Å². The fourth-order valence-electron chi connectivity index (χ4n) is 2.02. The second kappa shape index (κ2) is 6.24. The van der Waals surface area contributed by atoms with E-state index in [0.717, 1.165) is 11.1 Å². The first kappa shape index (κ1) is 15.5. The summed E-state index contributed by atoms with van der Waals surface area (Å²) >= 11 is 0. The molecule has 0 unspecified atom stereocenters. The van der Waals surface area contributed by atoms with Crippen molar-refractivity contribution in [2.24, 2.45) is 0 Å². The summed E-state index contributed by atoms with van der Waals surface area (Å²) in [5.41, 5.74) is 8.00. The second-order valence-electron chi connectivity index (χ2n) is 4.81. The van der Waals surface area contributed by atoms with Crippen LogP contribution in [0.1, 0.15) is 18.1 Å². The van der Waals surface area contributed by atoms with Crippen LogP contribution in [0.4, 0.5) is 5.69 Å². The Kier molecular flexibility index (Phi) is 4.59. The van der Waals surface area contributed by atoms with Crippen molar-refractivity contribution in [2.75, 3.05) is 12.3 Å². The lowest BCUT2D eigenvalue weighted by Gasteiger charge is -2.21. The van der Waals surface area contributed by atoms with E-state index in [2.05, 4.69) is 4.98 Å². The number of benzene rings is 1. The number of sulfonamides is 1. The van der Waals surface area contributed by atoms with Crippen LogP contribution in [0.2, 0.25) is 0 Å².